The molecule has 0 fully saturated rings. The molecule has 9 nitrogen and oxygen atoms in total. The van der Waals surface area contributed by atoms with E-state index in [1.165, 1.54) is 0 Å². The lowest BCUT2D eigenvalue weighted by atomic mass is 9.90. The van der Waals surface area contributed by atoms with Crippen LogP contribution in [-0.4, -0.2) is 47.3 Å². The van der Waals surface area contributed by atoms with Crippen molar-refractivity contribution in [3.05, 3.63) is 114 Å². The summed E-state index contributed by atoms with van der Waals surface area (Å²) < 4.78 is 42.8. The van der Waals surface area contributed by atoms with Gasteiger partial charge in [0.2, 0.25) is 12.5 Å². The van der Waals surface area contributed by atoms with E-state index in [4.69, 9.17) is 33.2 Å². The van der Waals surface area contributed by atoms with Crippen LogP contribution in [0.15, 0.2) is 92.2 Å². The van der Waals surface area contributed by atoms with Crippen molar-refractivity contribution in [2.45, 2.75) is 38.6 Å². The molecule has 3 heterocycles. The summed E-state index contributed by atoms with van der Waals surface area (Å²) in [5.41, 5.74) is 8.17. The number of carbonyl (C=O) groups is 1. The van der Waals surface area contributed by atoms with Gasteiger partial charge in [0.15, 0.2) is 35.7 Å². The number of rotatable bonds is 15. The Hall–Kier alpha value is -5.48. The van der Waals surface area contributed by atoms with Crippen LogP contribution in [0.3, 0.4) is 0 Å². The van der Waals surface area contributed by atoms with Crippen LogP contribution in [0.1, 0.15) is 28.7 Å². The summed E-state index contributed by atoms with van der Waals surface area (Å²) in [7, 11) is 4.93. The smallest absolute Gasteiger partial charge is 0.310 e. The van der Waals surface area contributed by atoms with Gasteiger partial charge in [-0.05, 0) is 83.6 Å². The van der Waals surface area contributed by atoms with Gasteiger partial charge in [-0.2, -0.15) is 4.57 Å². The monoisotopic (exact) mass is 793 g/mol. The van der Waals surface area contributed by atoms with Crippen LogP contribution in [0, 0.1) is 0 Å². The van der Waals surface area contributed by atoms with Gasteiger partial charge >= 0.3 is 5.97 Å². The Labute approximate surface area is 326 Å². The zero-order valence-corrected chi connectivity index (χ0v) is 32.5. The van der Waals surface area contributed by atoms with Crippen molar-refractivity contribution in [3.8, 4) is 56.9 Å². The number of ether oxygens (including phenoxy) is 7. The first kappa shape index (κ1) is 38.3. The summed E-state index contributed by atoms with van der Waals surface area (Å²) >= 11 is 0. The second kappa shape index (κ2) is 17.1. The molecule has 0 amide bonds. The van der Waals surface area contributed by atoms with E-state index in [0.29, 0.717) is 36.7 Å². The van der Waals surface area contributed by atoms with Gasteiger partial charge < -0.3 is 50.1 Å². The molecule has 0 bridgehead atoms. The van der Waals surface area contributed by atoms with Crippen molar-refractivity contribution in [1.29, 1.82) is 0 Å². The predicted molar refractivity (Wildman–Crippen MR) is 204 cm³/mol. The van der Waals surface area contributed by atoms with Gasteiger partial charge in [0, 0.05) is 29.4 Å². The number of aryl methyl sites for hydroxylation is 2. The van der Waals surface area contributed by atoms with Crippen LogP contribution in [0.4, 0.5) is 0 Å². The highest BCUT2D eigenvalue weighted by Crippen LogP contribution is 2.44. The Balaban J connectivity index is 0.00000497. The maximum absolute atomic E-state index is 13.6. The molecule has 0 radical (unpaired) electrons. The van der Waals surface area contributed by atoms with Crippen molar-refractivity contribution < 1.29 is 59.5 Å². The standard InChI is InChI=1S/C44H44NO8.BrH/c1-6-9-28-11-14-38(47-3)33(21-28)29-12-15-37(31(22-29)10-7-2)50-19-8-20-51-42(46)25-35-32-13-16-39(48-4)44(49-5)36(32)26-45-18-17-30-23-40-41(53-27-52-40)24-34(30)43(35)45;/h6-7,11-16,21-24,26H,1-2,8-10,17-20,25,27H2,3-5H3;1H/q+1;/p-1. The van der Waals surface area contributed by atoms with E-state index in [1.54, 1.807) is 21.3 Å². The second-order valence-electron chi connectivity index (χ2n) is 13.0. The molecular weight excluding hydrogens is 750 g/mol. The Morgan fingerprint density at radius 1 is 0.815 bits per heavy atom. The molecule has 2 aliphatic rings. The van der Waals surface area contributed by atoms with E-state index in [-0.39, 0.29) is 42.8 Å². The van der Waals surface area contributed by atoms with Gasteiger partial charge in [-0.15, -0.1) is 13.2 Å². The van der Waals surface area contributed by atoms with E-state index in [9.17, 15) is 4.79 Å². The summed E-state index contributed by atoms with van der Waals surface area (Å²) in [5.74, 6) is 3.92. The number of aromatic nitrogens is 1. The molecule has 7 rings (SSSR count). The topological polar surface area (TPSA) is 85.6 Å². The minimum Gasteiger partial charge on any atom is -1.00 e. The number of esters is 1. The third kappa shape index (κ3) is 7.61. The van der Waals surface area contributed by atoms with Crippen LogP contribution in [-0.2, 0) is 41.8 Å². The number of benzene rings is 4. The van der Waals surface area contributed by atoms with Crippen LogP contribution >= 0.6 is 0 Å². The molecule has 0 saturated carbocycles. The SMILES string of the molecule is C=CCc1ccc(OC)c(-c2ccc(OCCCOC(=O)Cc3c4[n+](cc5c(OC)c(OC)ccc35)CCc3cc5c(cc3-4)OCO5)c(CC=C)c2)c1.[Br-]. The third-order valence-electron chi connectivity index (χ3n) is 9.75. The zero-order chi connectivity index (χ0) is 36.9. The average Bonchev–Trinajstić information content (AvgIpc) is 3.64. The fourth-order valence-electron chi connectivity index (χ4n) is 7.29. The summed E-state index contributed by atoms with van der Waals surface area (Å²) in [5, 5.41) is 1.75. The molecular formula is C44H44BrNO8. The van der Waals surface area contributed by atoms with Gasteiger partial charge in [0.25, 0.3) is 0 Å². The van der Waals surface area contributed by atoms with Crippen molar-refractivity contribution >= 4 is 16.7 Å². The molecule has 0 N–H and O–H groups in total. The number of hydrogen-bond donors (Lipinski definition) is 0. The molecule has 2 aliphatic heterocycles. The molecule has 54 heavy (non-hydrogen) atoms. The average molecular weight is 795 g/mol. The largest absolute Gasteiger partial charge is 1.00 e. The molecule has 10 heteroatoms. The van der Waals surface area contributed by atoms with Crippen molar-refractivity contribution in [3.63, 3.8) is 0 Å². The minimum atomic E-state index is -0.327. The fraction of sp³-hybridized carbons (Fsp3) is 0.273. The minimum absolute atomic E-state index is 0. The number of pyridine rings is 1. The van der Waals surface area contributed by atoms with Crippen molar-refractivity contribution in [2.24, 2.45) is 0 Å². The number of hydrogen-bond acceptors (Lipinski definition) is 8. The van der Waals surface area contributed by atoms with E-state index < -0.39 is 0 Å². The zero-order valence-electron chi connectivity index (χ0n) is 30.9. The molecule has 4 aromatic carbocycles. The molecule has 0 spiro atoms. The Bertz CT molecular complexity index is 2210. The lowest BCUT2D eigenvalue weighted by Crippen LogP contribution is -3.00. The number of allylic oxidation sites excluding steroid dienone is 2. The first-order valence-corrected chi connectivity index (χ1v) is 17.8. The molecule has 0 atom stereocenters. The first-order valence-electron chi connectivity index (χ1n) is 17.8. The third-order valence-corrected chi connectivity index (χ3v) is 9.75. The quantitative estimate of drug-likeness (QED) is 0.0649. The van der Waals surface area contributed by atoms with Gasteiger partial charge in [-0.1, -0.05) is 24.3 Å². The van der Waals surface area contributed by atoms with Crippen LogP contribution in [0.25, 0.3) is 33.2 Å². The number of methoxy groups -OCH3 is 3. The highest BCUT2D eigenvalue weighted by molar-refractivity contribution is 5.97. The number of fused-ring (bicyclic) bond motifs is 5. The second-order valence-corrected chi connectivity index (χ2v) is 13.0. The summed E-state index contributed by atoms with van der Waals surface area (Å²) in [6.07, 6.45) is 8.65. The Kier molecular flexibility index (Phi) is 12.1. The fourth-order valence-corrected chi connectivity index (χ4v) is 7.29. The molecule has 280 valence electrons. The predicted octanol–water partition coefficient (Wildman–Crippen LogP) is 4.79. The number of carbonyl (C=O) groups excluding carboxylic acids is 1. The normalized spacial score (nSPS) is 12.2. The Morgan fingerprint density at radius 3 is 2.33 bits per heavy atom. The molecule has 0 unspecified atom stereocenters. The van der Waals surface area contributed by atoms with Crippen LogP contribution in [0.5, 0.6) is 34.5 Å². The van der Waals surface area contributed by atoms with Gasteiger partial charge in [-0.25, -0.2) is 0 Å². The van der Waals surface area contributed by atoms with Crippen molar-refractivity contribution in [1.82, 2.24) is 0 Å². The van der Waals surface area contributed by atoms with Gasteiger partial charge in [0.1, 0.15) is 11.5 Å². The molecule has 1 aromatic heterocycles. The molecule has 0 aliphatic carbocycles. The first-order chi connectivity index (χ1) is 26.0. The van der Waals surface area contributed by atoms with Crippen LogP contribution < -0.4 is 50.0 Å². The van der Waals surface area contributed by atoms with Crippen LogP contribution in [0.2, 0.25) is 0 Å². The Morgan fingerprint density at radius 2 is 1.57 bits per heavy atom. The highest BCUT2D eigenvalue weighted by atomic mass is 79.9. The van der Waals surface area contributed by atoms with E-state index in [1.807, 2.05) is 48.6 Å². The summed E-state index contributed by atoms with van der Waals surface area (Å²) in [6, 6.07) is 20.2. The molecule has 5 aromatic rings. The highest BCUT2D eigenvalue weighted by Gasteiger charge is 2.33. The lowest BCUT2D eigenvalue weighted by molar-refractivity contribution is -0.686. The van der Waals surface area contributed by atoms with E-state index >= 15 is 0 Å². The van der Waals surface area contributed by atoms with Gasteiger partial charge in [0.05, 0.1) is 51.9 Å². The molecule has 0 saturated heterocycles. The van der Waals surface area contributed by atoms with E-state index in [0.717, 1.165) is 92.0 Å². The maximum atomic E-state index is 13.6. The number of nitrogens with zero attached hydrogens (tertiary/aromatic N) is 1. The summed E-state index contributed by atoms with van der Waals surface area (Å²) in [6.45, 7) is 9.34. The maximum Gasteiger partial charge on any atom is 0.310 e. The number of halogens is 1. The van der Waals surface area contributed by atoms with E-state index in [2.05, 4.69) is 48.2 Å². The van der Waals surface area contributed by atoms with Crippen molar-refractivity contribution in [2.75, 3.05) is 41.3 Å². The lowest BCUT2D eigenvalue weighted by Gasteiger charge is -2.20. The van der Waals surface area contributed by atoms with Gasteiger partial charge in [-0.3, -0.25) is 4.79 Å². The summed E-state index contributed by atoms with van der Waals surface area (Å²) in [4.78, 5) is 13.6.